The Kier molecular flexibility index (Phi) is 2.86. The van der Waals surface area contributed by atoms with Crippen LogP contribution in [-0.4, -0.2) is 36.0 Å². The molecular weight excluding hydrogens is 267 g/mol. The van der Waals surface area contributed by atoms with Crippen LogP contribution in [0.2, 0.25) is 0 Å². The second kappa shape index (κ2) is 4.54. The van der Waals surface area contributed by atoms with Crippen molar-refractivity contribution in [2.45, 2.75) is 43.1 Å². The summed E-state index contributed by atoms with van der Waals surface area (Å²) in [6, 6.07) is 6.53. The van der Waals surface area contributed by atoms with Gasteiger partial charge in [-0.2, -0.15) is 0 Å². The number of likely N-dealkylation sites (tertiary alicyclic amines) is 1. The van der Waals surface area contributed by atoms with E-state index in [0.29, 0.717) is 0 Å². The van der Waals surface area contributed by atoms with Gasteiger partial charge in [-0.1, -0.05) is 12.1 Å². The molecule has 0 radical (unpaired) electrons. The SMILES string of the molecule is O=C(NC1(CN2CCC2)CC1)C1(c2cccc(F)c2)CC1. The van der Waals surface area contributed by atoms with E-state index in [1.54, 1.807) is 6.07 Å². The molecule has 0 unspecified atom stereocenters. The Hall–Kier alpha value is -1.42. The fourth-order valence-electron chi connectivity index (χ4n) is 3.36. The molecule has 4 rings (SSSR count). The van der Waals surface area contributed by atoms with Crippen molar-refractivity contribution in [2.24, 2.45) is 0 Å². The van der Waals surface area contributed by atoms with E-state index in [1.807, 2.05) is 6.07 Å². The van der Waals surface area contributed by atoms with Crippen LogP contribution in [0.3, 0.4) is 0 Å². The van der Waals surface area contributed by atoms with E-state index >= 15 is 0 Å². The normalized spacial score (nSPS) is 25.0. The smallest absolute Gasteiger partial charge is 0.231 e. The molecule has 1 saturated heterocycles. The molecular formula is C17H21FN2O. The zero-order valence-corrected chi connectivity index (χ0v) is 12.2. The molecule has 112 valence electrons. The Morgan fingerprint density at radius 3 is 2.52 bits per heavy atom. The number of carbonyl (C=O) groups excluding carboxylic acids is 1. The third-order valence-electron chi connectivity index (χ3n) is 5.27. The lowest BCUT2D eigenvalue weighted by Gasteiger charge is -2.35. The number of rotatable bonds is 5. The molecule has 0 spiro atoms. The van der Waals surface area contributed by atoms with Gasteiger partial charge in [-0.25, -0.2) is 4.39 Å². The largest absolute Gasteiger partial charge is 0.349 e. The summed E-state index contributed by atoms with van der Waals surface area (Å²) in [5.74, 6) is -0.153. The van der Waals surface area contributed by atoms with Crippen LogP contribution in [0, 0.1) is 5.82 Å². The first-order valence-corrected chi connectivity index (χ1v) is 7.93. The molecule has 1 amide bonds. The molecule has 21 heavy (non-hydrogen) atoms. The maximum Gasteiger partial charge on any atom is 0.231 e. The molecule has 1 aromatic carbocycles. The average Bonchev–Trinajstić information content (AvgIpc) is 3.30. The summed E-state index contributed by atoms with van der Waals surface area (Å²) >= 11 is 0. The third kappa shape index (κ3) is 2.35. The van der Waals surface area contributed by atoms with Crippen molar-refractivity contribution in [1.82, 2.24) is 10.2 Å². The van der Waals surface area contributed by atoms with E-state index in [2.05, 4.69) is 10.2 Å². The summed E-state index contributed by atoms with van der Waals surface area (Å²) in [6.45, 7) is 3.30. The molecule has 0 bridgehead atoms. The zero-order valence-electron chi connectivity index (χ0n) is 12.2. The molecule has 1 aliphatic heterocycles. The highest BCUT2D eigenvalue weighted by atomic mass is 19.1. The highest BCUT2D eigenvalue weighted by Gasteiger charge is 2.55. The second-order valence-electron chi connectivity index (χ2n) is 6.96. The minimum atomic E-state index is -0.466. The first-order valence-electron chi connectivity index (χ1n) is 7.93. The Labute approximate surface area is 124 Å². The predicted octanol–water partition coefficient (Wildman–Crippen LogP) is 2.21. The zero-order chi connectivity index (χ0) is 14.5. The summed E-state index contributed by atoms with van der Waals surface area (Å²) in [6.07, 6.45) is 5.10. The second-order valence-corrected chi connectivity index (χ2v) is 6.96. The lowest BCUT2D eigenvalue weighted by molar-refractivity contribution is -0.124. The predicted molar refractivity (Wildman–Crippen MR) is 78.5 cm³/mol. The van der Waals surface area contributed by atoms with Gasteiger partial charge in [0, 0.05) is 6.54 Å². The minimum absolute atomic E-state index is 0.000415. The molecule has 1 N–H and O–H groups in total. The fraction of sp³-hybridized carbons (Fsp3) is 0.588. The Bertz CT molecular complexity index is 574. The summed E-state index contributed by atoms with van der Waals surface area (Å²) in [5, 5.41) is 3.28. The first kappa shape index (κ1) is 13.3. The number of halogens is 1. The third-order valence-corrected chi connectivity index (χ3v) is 5.27. The van der Waals surface area contributed by atoms with Crippen LogP contribution in [0.15, 0.2) is 24.3 Å². The molecule has 3 aliphatic rings. The van der Waals surface area contributed by atoms with Gasteiger partial charge in [-0.15, -0.1) is 0 Å². The van der Waals surface area contributed by atoms with E-state index in [4.69, 9.17) is 0 Å². The van der Waals surface area contributed by atoms with Crippen molar-refractivity contribution in [1.29, 1.82) is 0 Å². The van der Waals surface area contributed by atoms with Crippen molar-refractivity contribution in [3.63, 3.8) is 0 Å². The highest BCUT2D eigenvalue weighted by Crippen LogP contribution is 2.50. The standard InChI is InChI=1S/C17H21FN2O/c18-14-4-1-3-13(11-14)17(7-8-17)15(21)19-16(5-6-16)12-20-9-2-10-20/h1,3-4,11H,2,5-10,12H2,(H,19,21). The quantitative estimate of drug-likeness (QED) is 0.901. The molecule has 4 heteroatoms. The monoisotopic (exact) mass is 288 g/mol. The molecule has 2 aliphatic carbocycles. The minimum Gasteiger partial charge on any atom is -0.349 e. The number of amides is 1. The number of carbonyl (C=O) groups is 1. The van der Waals surface area contributed by atoms with E-state index in [9.17, 15) is 9.18 Å². The Morgan fingerprint density at radius 1 is 1.24 bits per heavy atom. The average molecular weight is 288 g/mol. The Morgan fingerprint density at radius 2 is 2.00 bits per heavy atom. The molecule has 1 aromatic rings. The summed E-state index contributed by atoms with van der Waals surface area (Å²) in [4.78, 5) is 15.1. The topological polar surface area (TPSA) is 32.3 Å². The number of nitrogens with one attached hydrogen (secondary N) is 1. The molecule has 0 atom stereocenters. The number of hydrogen-bond donors (Lipinski definition) is 1. The van der Waals surface area contributed by atoms with Gasteiger partial charge >= 0.3 is 0 Å². The Balaban J connectivity index is 1.47. The van der Waals surface area contributed by atoms with Gasteiger partial charge < -0.3 is 10.2 Å². The van der Waals surface area contributed by atoms with E-state index in [0.717, 1.165) is 50.9 Å². The van der Waals surface area contributed by atoms with Crippen LogP contribution in [0.4, 0.5) is 4.39 Å². The van der Waals surface area contributed by atoms with Crippen LogP contribution >= 0.6 is 0 Å². The van der Waals surface area contributed by atoms with Crippen LogP contribution in [-0.2, 0) is 10.2 Å². The number of hydrogen-bond acceptors (Lipinski definition) is 2. The summed E-state index contributed by atoms with van der Waals surface area (Å²) in [5.41, 5.74) is 0.368. The highest BCUT2D eigenvalue weighted by molar-refractivity contribution is 5.92. The van der Waals surface area contributed by atoms with Gasteiger partial charge in [-0.05, 0) is 62.9 Å². The molecule has 1 heterocycles. The fourth-order valence-corrected chi connectivity index (χ4v) is 3.36. The van der Waals surface area contributed by atoms with Crippen LogP contribution < -0.4 is 5.32 Å². The lowest BCUT2D eigenvalue weighted by Crippen LogP contribution is -2.52. The molecule has 3 fully saturated rings. The van der Waals surface area contributed by atoms with Crippen molar-refractivity contribution in [3.8, 4) is 0 Å². The summed E-state index contributed by atoms with van der Waals surface area (Å²) in [7, 11) is 0. The molecule has 2 saturated carbocycles. The van der Waals surface area contributed by atoms with Gasteiger partial charge in [0.25, 0.3) is 0 Å². The van der Waals surface area contributed by atoms with Gasteiger partial charge in [0.1, 0.15) is 5.82 Å². The van der Waals surface area contributed by atoms with Gasteiger partial charge in [0.05, 0.1) is 11.0 Å². The van der Waals surface area contributed by atoms with Gasteiger partial charge in [0.2, 0.25) is 5.91 Å². The van der Waals surface area contributed by atoms with Crippen LogP contribution in [0.1, 0.15) is 37.7 Å². The van der Waals surface area contributed by atoms with Crippen molar-refractivity contribution < 1.29 is 9.18 Å². The van der Waals surface area contributed by atoms with Gasteiger partial charge in [0.15, 0.2) is 0 Å². The summed E-state index contributed by atoms with van der Waals surface area (Å²) < 4.78 is 13.4. The first-order chi connectivity index (χ1) is 10.1. The maximum atomic E-state index is 13.4. The van der Waals surface area contributed by atoms with E-state index < -0.39 is 5.41 Å². The van der Waals surface area contributed by atoms with Crippen molar-refractivity contribution in [3.05, 3.63) is 35.6 Å². The van der Waals surface area contributed by atoms with Crippen molar-refractivity contribution in [2.75, 3.05) is 19.6 Å². The molecule has 3 nitrogen and oxygen atoms in total. The number of benzene rings is 1. The maximum absolute atomic E-state index is 13.4. The number of nitrogens with zero attached hydrogens (tertiary/aromatic N) is 1. The molecule has 0 aromatic heterocycles. The van der Waals surface area contributed by atoms with Crippen molar-refractivity contribution >= 4 is 5.91 Å². The van der Waals surface area contributed by atoms with E-state index in [1.165, 1.54) is 18.6 Å². The van der Waals surface area contributed by atoms with Gasteiger partial charge in [-0.3, -0.25) is 4.79 Å². The van der Waals surface area contributed by atoms with Crippen LogP contribution in [0.25, 0.3) is 0 Å². The van der Waals surface area contributed by atoms with Crippen LogP contribution in [0.5, 0.6) is 0 Å². The lowest BCUT2D eigenvalue weighted by atomic mass is 9.94. The van der Waals surface area contributed by atoms with E-state index in [-0.39, 0.29) is 17.3 Å².